The molecule has 0 aliphatic carbocycles. The van der Waals surface area contributed by atoms with Crippen molar-refractivity contribution >= 4 is 5.82 Å². The van der Waals surface area contributed by atoms with Crippen LogP contribution in [-0.4, -0.2) is 16.1 Å². The minimum absolute atomic E-state index is 0.0716. The molecule has 0 amide bonds. The van der Waals surface area contributed by atoms with Gasteiger partial charge >= 0.3 is 0 Å². The van der Waals surface area contributed by atoms with Crippen LogP contribution < -0.4 is 10.5 Å². The summed E-state index contributed by atoms with van der Waals surface area (Å²) in [6.45, 7) is 10.3. The molecule has 112 valence electrons. The number of hydrogen-bond donors (Lipinski definition) is 1. The van der Waals surface area contributed by atoms with E-state index in [-0.39, 0.29) is 11.5 Å². The standard InChI is InChI=1S/C17H23N3O/c1-11(2)21-13-8-6-7-12(9-13)16-19-14(17(3,4)5)10-15(18)20-16/h6-11H,1-5H3,(H2,18,19,20). The third-order valence-electron chi connectivity index (χ3n) is 2.98. The number of nitrogen functional groups attached to an aromatic ring is 1. The fraction of sp³-hybridized carbons (Fsp3) is 0.412. The van der Waals surface area contributed by atoms with Crippen LogP contribution in [0.1, 0.15) is 40.3 Å². The lowest BCUT2D eigenvalue weighted by Crippen LogP contribution is -2.15. The predicted octanol–water partition coefficient (Wildman–Crippen LogP) is 3.81. The van der Waals surface area contributed by atoms with E-state index in [9.17, 15) is 0 Å². The van der Waals surface area contributed by atoms with Crippen molar-refractivity contribution in [2.45, 2.75) is 46.1 Å². The van der Waals surface area contributed by atoms with Gasteiger partial charge in [0.25, 0.3) is 0 Å². The molecule has 0 radical (unpaired) electrons. The maximum atomic E-state index is 5.93. The van der Waals surface area contributed by atoms with E-state index < -0.39 is 0 Å². The average molecular weight is 285 g/mol. The Hall–Kier alpha value is -2.10. The van der Waals surface area contributed by atoms with Crippen molar-refractivity contribution in [3.8, 4) is 17.1 Å². The fourth-order valence-electron chi connectivity index (χ4n) is 1.96. The molecule has 0 aliphatic heterocycles. The highest BCUT2D eigenvalue weighted by molar-refractivity contribution is 5.59. The van der Waals surface area contributed by atoms with Gasteiger partial charge in [-0.25, -0.2) is 9.97 Å². The average Bonchev–Trinajstić information content (AvgIpc) is 2.36. The second-order valence-corrected chi connectivity index (χ2v) is 6.45. The molecule has 0 spiro atoms. The first-order chi connectivity index (χ1) is 9.75. The molecule has 0 bridgehead atoms. The van der Waals surface area contributed by atoms with E-state index in [1.165, 1.54) is 0 Å². The number of hydrogen-bond acceptors (Lipinski definition) is 4. The maximum absolute atomic E-state index is 5.93. The molecule has 0 fully saturated rings. The molecular weight excluding hydrogens is 262 g/mol. The number of nitrogens with two attached hydrogens (primary N) is 1. The van der Waals surface area contributed by atoms with Crippen LogP contribution in [0.5, 0.6) is 5.75 Å². The van der Waals surface area contributed by atoms with Gasteiger partial charge in [-0.1, -0.05) is 32.9 Å². The summed E-state index contributed by atoms with van der Waals surface area (Å²) in [4.78, 5) is 9.00. The Balaban J connectivity index is 2.44. The lowest BCUT2D eigenvalue weighted by molar-refractivity contribution is 0.242. The van der Waals surface area contributed by atoms with Crippen molar-refractivity contribution in [1.82, 2.24) is 9.97 Å². The first-order valence-corrected chi connectivity index (χ1v) is 7.18. The van der Waals surface area contributed by atoms with Gasteiger partial charge in [0, 0.05) is 17.0 Å². The van der Waals surface area contributed by atoms with Gasteiger partial charge in [-0.15, -0.1) is 0 Å². The third-order valence-corrected chi connectivity index (χ3v) is 2.98. The molecule has 0 saturated heterocycles. The predicted molar refractivity (Wildman–Crippen MR) is 86.3 cm³/mol. The fourth-order valence-corrected chi connectivity index (χ4v) is 1.96. The van der Waals surface area contributed by atoms with Crippen LogP contribution in [0.15, 0.2) is 30.3 Å². The smallest absolute Gasteiger partial charge is 0.161 e. The van der Waals surface area contributed by atoms with E-state index >= 15 is 0 Å². The van der Waals surface area contributed by atoms with Gasteiger partial charge in [0.05, 0.1) is 11.8 Å². The Bertz CT molecular complexity index is 630. The SMILES string of the molecule is CC(C)Oc1cccc(-c2nc(N)cc(C(C)(C)C)n2)c1. The Morgan fingerprint density at radius 2 is 1.81 bits per heavy atom. The minimum Gasteiger partial charge on any atom is -0.491 e. The van der Waals surface area contributed by atoms with Crippen molar-refractivity contribution < 1.29 is 4.74 Å². The van der Waals surface area contributed by atoms with E-state index in [2.05, 4.69) is 30.7 Å². The summed E-state index contributed by atoms with van der Waals surface area (Å²) in [6, 6.07) is 9.62. The molecule has 2 rings (SSSR count). The molecule has 0 atom stereocenters. The van der Waals surface area contributed by atoms with E-state index in [0.717, 1.165) is 17.0 Å². The molecule has 2 N–H and O–H groups in total. The Labute approximate surface area is 126 Å². The van der Waals surface area contributed by atoms with Gasteiger partial charge in [-0.2, -0.15) is 0 Å². The molecule has 1 aromatic heterocycles. The van der Waals surface area contributed by atoms with E-state index in [1.54, 1.807) is 0 Å². The molecule has 4 nitrogen and oxygen atoms in total. The Morgan fingerprint density at radius 1 is 1.10 bits per heavy atom. The molecule has 0 aliphatic rings. The second-order valence-electron chi connectivity index (χ2n) is 6.45. The van der Waals surface area contributed by atoms with E-state index in [4.69, 9.17) is 10.5 Å². The lowest BCUT2D eigenvalue weighted by atomic mass is 9.92. The van der Waals surface area contributed by atoms with Crippen LogP contribution in [0, 0.1) is 0 Å². The largest absolute Gasteiger partial charge is 0.491 e. The highest BCUT2D eigenvalue weighted by Crippen LogP contribution is 2.26. The number of aromatic nitrogens is 2. The van der Waals surface area contributed by atoms with Crippen molar-refractivity contribution in [2.24, 2.45) is 0 Å². The summed E-state index contributed by atoms with van der Waals surface area (Å²) in [5.41, 5.74) is 7.70. The zero-order valence-electron chi connectivity index (χ0n) is 13.3. The van der Waals surface area contributed by atoms with Crippen LogP contribution in [0.2, 0.25) is 0 Å². The quantitative estimate of drug-likeness (QED) is 0.931. The van der Waals surface area contributed by atoms with Gasteiger partial charge in [0.15, 0.2) is 5.82 Å². The molecular formula is C17H23N3O. The molecule has 2 aromatic rings. The van der Waals surface area contributed by atoms with Crippen LogP contribution in [0.3, 0.4) is 0 Å². The molecule has 1 heterocycles. The number of ether oxygens (including phenoxy) is 1. The topological polar surface area (TPSA) is 61.0 Å². The van der Waals surface area contributed by atoms with Crippen molar-refractivity contribution in [1.29, 1.82) is 0 Å². The van der Waals surface area contributed by atoms with Crippen molar-refractivity contribution in [3.05, 3.63) is 36.0 Å². The minimum atomic E-state index is -0.0716. The zero-order chi connectivity index (χ0) is 15.6. The first-order valence-electron chi connectivity index (χ1n) is 7.18. The van der Waals surface area contributed by atoms with Crippen LogP contribution in [0.25, 0.3) is 11.4 Å². The first kappa shape index (κ1) is 15.3. The van der Waals surface area contributed by atoms with E-state index in [1.807, 2.05) is 44.2 Å². The highest BCUT2D eigenvalue weighted by atomic mass is 16.5. The van der Waals surface area contributed by atoms with Gasteiger partial charge < -0.3 is 10.5 Å². The lowest BCUT2D eigenvalue weighted by Gasteiger charge is -2.19. The van der Waals surface area contributed by atoms with Crippen LogP contribution >= 0.6 is 0 Å². The third kappa shape index (κ3) is 3.94. The second kappa shape index (κ2) is 5.72. The van der Waals surface area contributed by atoms with Crippen LogP contribution in [0.4, 0.5) is 5.82 Å². The molecule has 0 saturated carbocycles. The van der Waals surface area contributed by atoms with E-state index in [0.29, 0.717) is 11.6 Å². The number of benzene rings is 1. The van der Waals surface area contributed by atoms with Gasteiger partial charge in [0.1, 0.15) is 11.6 Å². The molecule has 21 heavy (non-hydrogen) atoms. The number of nitrogens with zero attached hydrogens (tertiary/aromatic N) is 2. The van der Waals surface area contributed by atoms with Gasteiger partial charge in [-0.05, 0) is 26.0 Å². The number of anilines is 1. The highest BCUT2D eigenvalue weighted by Gasteiger charge is 2.18. The summed E-state index contributed by atoms with van der Waals surface area (Å²) < 4.78 is 5.72. The van der Waals surface area contributed by atoms with Crippen LogP contribution in [-0.2, 0) is 5.41 Å². The normalized spacial score (nSPS) is 11.7. The summed E-state index contributed by atoms with van der Waals surface area (Å²) in [6.07, 6.45) is 0.132. The Morgan fingerprint density at radius 3 is 2.43 bits per heavy atom. The molecule has 1 aromatic carbocycles. The number of rotatable bonds is 3. The van der Waals surface area contributed by atoms with Gasteiger partial charge in [-0.3, -0.25) is 0 Å². The zero-order valence-corrected chi connectivity index (χ0v) is 13.3. The van der Waals surface area contributed by atoms with Crippen molar-refractivity contribution in [3.63, 3.8) is 0 Å². The Kier molecular flexibility index (Phi) is 4.16. The van der Waals surface area contributed by atoms with Crippen molar-refractivity contribution in [2.75, 3.05) is 5.73 Å². The summed E-state index contributed by atoms with van der Waals surface area (Å²) in [5, 5.41) is 0. The molecule has 0 unspecified atom stereocenters. The summed E-state index contributed by atoms with van der Waals surface area (Å²) in [7, 11) is 0. The summed E-state index contributed by atoms with van der Waals surface area (Å²) >= 11 is 0. The monoisotopic (exact) mass is 285 g/mol. The summed E-state index contributed by atoms with van der Waals surface area (Å²) in [5.74, 6) is 1.93. The molecule has 4 heteroatoms. The van der Waals surface area contributed by atoms with Gasteiger partial charge in [0.2, 0.25) is 0 Å². The maximum Gasteiger partial charge on any atom is 0.161 e.